The second-order valence-corrected chi connectivity index (χ2v) is 9.55. The Hall–Kier alpha value is -3.33. The van der Waals surface area contributed by atoms with Gasteiger partial charge in [0.25, 0.3) is 0 Å². The zero-order chi connectivity index (χ0) is 24.0. The molecule has 0 spiro atoms. The maximum Gasteiger partial charge on any atom is 0.232 e. The minimum Gasteiger partial charge on any atom is -0.467 e. The van der Waals surface area contributed by atoms with Crippen LogP contribution in [0.25, 0.3) is 0 Å². The van der Waals surface area contributed by atoms with E-state index in [4.69, 9.17) is 26.6 Å². The molecule has 5 rings (SSSR count). The van der Waals surface area contributed by atoms with Gasteiger partial charge in [-0.25, -0.2) is 0 Å². The van der Waals surface area contributed by atoms with Crippen molar-refractivity contribution in [1.29, 1.82) is 0 Å². The first-order chi connectivity index (χ1) is 17.2. The monoisotopic (exact) mass is 491 g/mol. The SMILES string of the molecule is C[C@@H]1CCCCN1c1cc(N2CCN(c3ccccc3)CC2)nc(NC(=S)NCc2ccco2)n1. The minimum atomic E-state index is 0.457. The number of piperidine rings is 1. The molecular formula is C26H33N7OS. The van der Waals surface area contributed by atoms with Crippen molar-refractivity contribution in [2.45, 2.75) is 38.8 Å². The number of benzene rings is 1. The minimum absolute atomic E-state index is 0.457. The summed E-state index contributed by atoms with van der Waals surface area (Å²) in [7, 11) is 0. The topological polar surface area (TPSA) is 72.7 Å². The zero-order valence-electron chi connectivity index (χ0n) is 20.2. The summed E-state index contributed by atoms with van der Waals surface area (Å²) in [6.07, 6.45) is 5.29. The second-order valence-electron chi connectivity index (χ2n) is 9.14. The fourth-order valence-corrected chi connectivity index (χ4v) is 4.95. The van der Waals surface area contributed by atoms with Crippen LogP contribution < -0.4 is 25.3 Å². The van der Waals surface area contributed by atoms with Crippen LogP contribution >= 0.6 is 12.2 Å². The summed E-state index contributed by atoms with van der Waals surface area (Å²) in [6.45, 7) is 7.52. The fraction of sp³-hybridized carbons (Fsp3) is 0.423. The third-order valence-electron chi connectivity index (χ3n) is 6.75. The number of hydrogen-bond acceptors (Lipinski definition) is 7. The van der Waals surface area contributed by atoms with Crippen LogP contribution in [0.2, 0.25) is 0 Å². The van der Waals surface area contributed by atoms with Gasteiger partial charge in [0.1, 0.15) is 17.4 Å². The van der Waals surface area contributed by atoms with Crippen molar-refractivity contribution in [3.8, 4) is 0 Å². The number of nitrogens with zero attached hydrogens (tertiary/aromatic N) is 5. The molecule has 3 aromatic rings. The highest BCUT2D eigenvalue weighted by molar-refractivity contribution is 7.80. The number of thiocarbonyl (C=S) groups is 1. The van der Waals surface area contributed by atoms with Crippen LogP contribution in [0.5, 0.6) is 0 Å². The van der Waals surface area contributed by atoms with Gasteiger partial charge in [0.2, 0.25) is 5.95 Å². The number of anilines is 4. The van der Waals surface area contributed by atoms with Crippen molar-refractivity contribution in [1.82, 2.24) is 15.3 Å². The van der Waals surface area contributed by atoms with Crippen molar-refractivity contribution in [3.63, 3.8) is 0 Å². The molecule has 184 valence electrons. The van der Waals surface area contributed by atoms with Crippen molar-refractivity contribution in [2.24, 2.45) is 0 Å². The Bertz CT molecular complexity index is 1100. The largest absolute Gasteiger partial charge is 0.467 e. The van der Waals surface area contributed by atoms with Gasteiger partial charge in [0.15, 0.2) is 5.11 Å². The van der Waals surface area contributed by atoms with Crippen molar-refractivity contribution >= 4 is 40.6 Å². The maximum absolute atomic E-state index is 5.52. The van der Waals surface area contributed by atoms with Crippen LogP contribution in [0, 0.1) is 0 Å². The molecule has 1 atom stereocenters. The molecule has 0 saturated carbocycles. The van der Waals surface area contributed by atoms with E-state index in [1.165, 1.54) is 24.9 Å². The van der Waals surface area contributed by atoms with E-state index >= 15 is 0 Å². The summed E-state index contributed by atoms with van der Waals surface area (Å²) in [4.78, 5) is 16.9. The highest BCUT2D eigenvalue weighted by atomic mass is 32.1. The summed E-state index contributed by atoms with van der Waals surface area (Å²) in [5.74, 6) is 3.25. The quantitative estimate of drug-likeness (QED) is 0.492. The summed E-state index contributed by atoms with van der Waals surface area (Å²) >= 11 is 5.52. The number of hydrogen-bond donors (Lipinski definition) is 2. The molecule has 2 N–H and O–H groups in total. The van der Waals surface area contributed by atoms with Gasteiger partial charge < -0.3 is 29.8 Å². The molecule has 0 radical (unpaired) electrons. The molecule has 2 fully saturated rings. The zero-order valence-corrected chi connectivity index (χ0v) is 21.0. The van der Waals surface area contributed by atoms with E-state index in [-0.39, 0.29) is 0 Å². The van der Waals surface area contributed by atoms with Gasteiger partial charge in [-0.1, -0.05) is 18.2 Å². The van der Waals surface area contributed by atoms with Crippen molar-refractivity contribution in [2.75, 3.05) is 52.7 Å². The second kappa shape index (κ2) is 10.9. The number of furan rings is 1. The highest BCUT2D eigenvalue weighted by Crippen LogP contribution is 2.28. The Labute approximate surface area is 212 Å². The molecule has 2 aromatic heterocycles. The molecule has 2 aliphatic rings. The Morgan fingerprint density at radius 1 is 0.971 bits per heavy atom. The standard InChI is InChI=1S/C26H33N7OS/c1-20-8-5-6-12-33(20)24-18-23(32-15-13-31(14-16-32)21-9-3-2-4-10-21)28-25(29-24)30-26(35)27-19-22-11-7-17-34-22/h2-4,7,9-11,17-18,20H,5-6,8,12-16,19H2,1H3,(H2,27,28,29,30,35)/t20-/m1/s1. The lowest BCUT2D eigenvalue weighted by Gasteiger charge is -2.38. The number of aromatic nitrogens is 2. The lowest BCUT2D eigenvalue weighted by atomic mass is 10.0. The van der Waals surface area contributed by atoms with Crippen LogP contribution in [0.4, 0.5) is 23.3 Å². The average Bonchev–Trinajstić information content (AvgIpc) is 3.42. The third kappa shape index (κ3) is 5.85. The molecule has 4 heterocycles. The highest BCUT2D eigenvalue weighted by Gasteiger charge is 2.24. The Balaban J connectivity index is 1.32. The van der Waals surface area contributed by atoms with E-state index in [2.05, 4.69) is 68.7 Å². The lowest BCUT2D eigenvalue weighted by Crippen LogP contribution is -2.47. The Morgan fingerprint density at radius 3 is 2.49 bits per heavy atom. The van der Waals surface area contributed by atoms with Gasteiger partial charge in [0, 0.05) is 50.5 Å². The molecule has 0 amide bonds. The van der Waals surface area contributed by atoms with E-state index in [1.54, 1.807) is 6.26 Å². The lowest BCUT2D eigenvalue weighted by molar-refractivity contribution is 0.481. The van der Waals surface area contributed by atoms with Gasteiger partial charge in [-0.05, 0) is 62.7 Å². The van der Waals surface area contributed by atoms with Gasteiger partial charge in [-0.15, -0.1) is 0 Å². The Morgan fingerprint density at radius 2 is 1.74 bits per heavy atom. The van der Waals surface area contributed by atoms with Crippen molar-refractivity contribution < 1.29 is 4.42 Å². The van der Waals surface area contributed by atoms with Crippen LogP contribution in [-0.2, 0) is 6.54 Å². The number of para-hydroxylation sites is 1. The predicted molar refractivity (Wildman–Crippen MR) is 145 cm³/mol. The Kier molecular flexibility index (Phi) is 7.32. The summed E-state index contributed by atoms with van der Waals surface area (Å²) in [5.41, 5.74) is 1.27. The molecule has 9 heteroatoms. The molecule has 8 nitrogen and oxygen atoms in total. The van der Waals surface area contributed by atoms with Crippen LogP contribution in [0.15, 0.2) is 59.2 Å². The van der Waals surface area contributed by atoms with E-state index in [0.717, 1.165) is 50.1 Å². The molecule has 1 aromatic carbocycles. The molecule has 35 heavy (non-hydrogen) atoms. The average molecular weight is 492 g/mol. The van der Waals surface area contributed by atoms with E-state index < -0.39 is 0 Å². The van der Waals surface area contributed by atoms with Gasteiger partial charge >= 0.3 is 0 Å². The third-order valence-corrected chi connectivity index (χ3v) is 7.00. The van der Waals surface area contributed by atoms with Crippen LogP contribution in [0.1, 0.15) is 31.9 Å². The first-order valence-electron chi connectivity index (χ1n) is 12.4. The number of piperazine rings is 1. The molecular weight excluding hydrogens is 458 g/mol. The van der Waals surface area contributed by atoms with Gasteiger partial charge in [-0.3, -0.25) is 0 Å². The summed E-state index contributed by atoms with van der Waals surface area (Å²) < 4.78 is 5.38. The van der Waals surface area contributed by atoms with Crippen LogP contribution in [-0.4, -0.2) is 53.8 Å². The van der Waals surface area contributed by atoms with E-state index in [1.807, 2.05) is 12.1 Å². The van der Waals surface area contributed by atoms with Crippen molar-refractivity contribution in [3.05, 3.63) is 60.6 Å². The van der Waals surface area contributed by atoms with Gasteiger partial charge in [0.05, 0.1) is 12.8 Å². The predicted octanol–water partition coefficient (Wildman–Crippen LogP) is 4.26. The first-order valence-corrected chi connectivity index (χ1v) is 12.8. The fourth-order valence-electron chi connectivity index (χ4n) is 4.78. The van der Waals surface area contributed by atoms with Crippen LogP contribution in [0.3, 0.4) is 0 Å². The maximum atomic E-state index is 5.52. The molecule has 0 unspecified atom stereocenters. The first kappa shape index (κ1) is 23.4. The van der Waals surface area contributed by atoms with E-state index in [9.17, 15) is 0 Å². The molecule has 2 saturated heterocycles. The molecule has 0 bridgehead atoms. The summed E-state index contributed by atoms with van der Waals surface area (Å²) in [6, 6.07) is 17.0. The number of rotatable bonds is 6. The molecule has 0 aliphatic carbocycles. The summed E-state index contributed by atoms with van der Waals surface area (Å²) in [5, 5.41) is 6.86. The molecule has 2 aliphatic heterocycles. The normalized spacial score (nSPS) is 18.4. The van der Waals surface area contributed by atoms with Gasteiger partial charge in [-0.2, -0.15) is 9.97 Å². The number of nitrogens with one attached hydrogen (secondary N) is 2. The smallest absolute Gasteiger partial charge is 0.232 e. The van der Waals surface area contributed by atoms with E-state index in [0.29, 0.717) is 23.6 Å².